The van der Waals surface area contributed by atoms with E-state index >= 15 is 0 Å². The zero-order valence-corrected chi connectivity index (χ0v) is 17.6. The van der Waals surface area contributed by atoms with Crippen molar-refractivity contribution in [2.45, 2.75) is 37.6 Å². The predicted octanol–water partition coefficient (Wildman–Crippen LogP) is 3.67. The van der Waals surface area contributed by atoms with E-state index < -0.39 is 65.5 Å². The third-order valence-electron chi connectivity index (χ3n) is 5.03. The Hall–Kier alpha value is -3.62. The van der Waals surface area contributed by atoms with Crippen molar-refractivity contribution in [2.75, 3.05) is 17.7 Å². The fourth-order valence-corrected chi connectivity index (χ4v) is 2.97. The number of alkyl halides is 5. The Labute approximate surface area is 188 Å². The van der Waals surface area contributed by atoms with Crippen LogP contribution in [0.15, 0.2) is 29.4 Å². The summed E-state index contributed by atoms with van der Waals surface area (Å²) in [5, 5.41) is 2.23. The molecule has 2 atom stereocenters. The van der Waals surface area contributed by atoms with E-state index in [-0.39, 0.29) is 11.3 Å². The van der Waals surface area contributed by atoms with E-state index in [0.29, 0.717) is 13.1 Å². The summed E-state index contributed by atoms with van der Waals surface area (Å²) in [7, 11) is 0. The molecule has 34 heavy (non-hydrogen) atoms. The average Bonchev–Trinajstić information content (AvgIpc) is 2.73. The van der Waals surface area contributed by atoms with Crippen LogP contribution in [0.3, 0.4) is 0 Å². The van der Waals surface area contributed by atoms with Gasteiger partial charge in [0, 0.05) is 11.3 Å². The lowest BCUT2D eigenvalue weighted by Crippen LogP contribution is -2.60. The van der Waals surface area contributed by atoms with Gasteiger partial charge >= 0.3 is 12.3 Å². The first-order valence-corrected chi connectivity index (χ1v) is 9.42. The summed E-state index contributed by atoms with van der Waals surface area (Å²) in [5.74, 6) is -2.88. The van der Waals surface area contributed by atoms with Gasteiger partial charge in [0.05, 0.1) is 12.8 Å². The number of ether oxygens (including phenoxy) is 2. The molecule has 5 N–H and O–H groups in total. The van der Waals surface area contributed by atoms with Gasteiger partial charge in [-0.05, 0) is 32.0 Å². The first-order valence-electron chi connectivity index (χ1n) is 9.42. The lowest BCUT2D eigenvalue weighted by atomic mass is 9.89. The minimum absolute atomic E-state index is 0.0451. The van der Waals surface area contributed by atoms with Crippen LogP contribution in [0.2, 0.25) is 0 Å². The second-order valence-corrected chi connectivity index (χ2v) is 7.59. The monoisotopic (exact) mass is 492 g/mol. The normalized spacial score (nSPS) is 22.9. The molecule has 3 rings (SSSR count). The number of anilines is 2. The van der Waals surface area contributed by atoms with Gasteiger partial charge in [0.1, 0.15) is 22.9 Å². The average molecular weight is 492 g/mol. The first-order chi connectivity index (χ1) is 15.7. The number of nitrogens with zero attached hydrogens (tertiary/aromatic N) is 3. The molecule has 1 amide bonds. The van der Waals surface area contributed by atoms with E-state index in [4.69, 9.17) is 20.9 Å². The van der Waals surface area contributed by atoms with Crippen LogP contribution in [-0.2, 0) is 10.3 Å². The minimum Gasteiger partial charge on any atom is -0.387 e. The summed E-state index contributed by atoms with van der Waals surface area (Å²) < 4.78 is 89.5. The Bertz CT molecular complexity index is 1140. The van der Waals surface area contributed by atoms with Gasteiger partial charge in [0.25, 0.3) is 12.3 Å². The number of nitrogens with two attached hydrogens (primary N) is 2. The number of rotatable bonds is 4. The first kappa shape index (κ1) is 25.0. The zero-order valence-electron chi connectivity index (χ0n) is 17.6. The fourth-order valence-electron chi connectivity index (χ4n) is 2.97. The highest BCUT2D eigenvalue weighted by molar-refractivity contribution is 5.91. The van der Waals surface area contributed by atoms with Gasteiger partial charge in [-0.1, -0.05) is 0 Å². The van der Waals surface area contributed by atoms with Crippen molar-refractivity contribution < 1.29 is 40.6 Å². The lowest BCUT2D eigenvalue weighted by molar-refractivity contribution is -0.249. The summed E-state index contributed by atoms with van der Waals surface area (Å²) in [6.07, 6.45) is -8.31. The molecule has 0 radical (unpaired) electrons. The maximum atomic E-state index is 14.6. The number of hydrogen-bond donors (Lipinski definition) is 3. The molecule has 15 heteroatoms. The molecule has 0 unspecified atom stereocenters. The summed E-state index contributed by atoms with van der Waals surface area (Å²) in [6.45, 7) is 1.34. The van der Waals surface area contributed by atoms with Gasteiger partial charge < -0.3 is 20.9 Å². The molecule has 0 bridgehead atoms. The van der Waals surface area contributed by atoms with Crippen LogP contribution in [0.25, 0.3) is 0 Å². The highest BCUT2D eigenvalue weighted by Gasteiger charge is 2.59. The van der Waals surface area contributed by atoms with Gasteiger partial charge in [-0.25, -0.2) is 27.9 Å². The Morgan fingerprint density at radius 1 is 1.26 bits per heavy atom. The Balaban J connectivity index is 1.83. The van der Waals surface area contributed by atoms with Gasteiger partial charge in [-0.3, -0.25) is 10.3 Å². The summed E-state index contributed by atoms with van der Waals surface area (Å²) in [6, 6.07) is 3.17. The maximum absolute atomic E-state index is 14.6. The number of carbonyl (C=O) groups is 1. The molecule has 1 aliphatic rings. The maximum Gasteiger partial charge on any atom is 0.424 e. The van der Waals surface area contributed by atoms with E-state index in [9.17, 15) is 31.1 Å². The number of nitrogens with one attached hydrogen (secondary N) is 1. The Kier molecular flexibility index (Phi) is 6.34. The molecule has 0 saturated heterocycles. The molecule has 184 valence electrons. The fraction of sp³-hybridized carbons (Fsp3) is 0.368. The van der Waals surface area contributed by atoms with Crippen molar-refractivity contribution in [3.63, 3.8) is 0 Å². The van der Waals surface area contributed by atoms with Crippen molar-refractivity contribution in [1.29, 1.82) is 0 Å². The minimum atomic E-state index is -4.86. The third kappa shape index (κ3) is 4.69. The van der Waals surface area contributed by atoms with E-state index in [1.165, 1.54) is 6.92 Å². The molecule has 0 saturated carbocycles. The molecule has 0 aliphatic carbocycles. The number of amidine groups is 1. The molecular formula is C19H18F6N6O3. The van der Waals surface area contributed by atoms with Gasteiger partial charge in [-0.15, -0.1) is 0 Å². The number of aliphatic imine (C=N–C) groups is 1. The molecule has 2 heterocycles. The summed E-state index contributed by atoms with van der Waals surface area (Å²) in [5.41, 5.74) is 5.49. The standard InChI is InChI=1S/C19H18F6N6O3/c1-17(7-33-18(2,15(27)31-17)19(23,24)25)9-5-8(3-4-10(9)20)29-16(32)34-14-13(26)30-11(6-28-14)12(21)22/h3-6,12H,7H2,1-2H3,(H2,26,30)(H2,27,31)(H,29,32)/t17-,18+/m0/s1. The van der Waals surface area contributed by atoms with Crippen LogP contribution in [0.1, 0.15) is 31.5 Å². The van der Waals surface area contributed by atoms with Gasteiger partial charge in [0.2, 0.25) is 5.60 Å². The van der Waals surface area contributed by atoms with Crippen LogP contribution in [-0.4, -0.2) is 40.3 Å². The number of carbonyl (C=O) groups excluding carboxylic acids is 1. The van der Waals surface area contributed by atoms with Crippen LogP contribution in [0, 0.1) is 5.82 Å². The molecule has 1 aromatic carbocycles. The van der Waals surface area contributed by atoms with Crippen LogP contribution in [0.5, 0.6) is 5.88 Å². The van der Waals surface area contributed by atoms with Crippen molar-refractivity contribution >= 4 is 23.4 Å². The lowest BCUT2D eigenvalue weighted by Gasteiger charge is -2.41. The van der Waals surface area contributed by atoms with E-state index in [1.807, 2.05) is 0 Å². The van der Waals surface area contributed by atoms with E-state index in [1.54, 1.807) is 0 Å². The number of halogens is 6. The van der Waals surface area contributed by atoms with Crippen molar-refractivity contribution in [2.24, 2.45) is 10.7 Å². The highest BCUT2D eigenvalue weighted by atomic mass is 19.4. The van der Waals surface area contributed by atoms with Crippen LogP contribution < -0.4 is 21.5 Å². The third-order valence-corrected chi connectivity index (χ3v) is 5.03. The van der Waals surface area contributed by atoms with Crippen molar-refractivity contribution in [3.8, 4) is 5.88 Å². The second kappa shape index (κ2) is 8.62. The second-order valence-electron chi connectivity index (χ2n) is 7.59. The smallest absolute Gasteiger partial charge is 0.387 e. The Morgan fingerprint density at radius 2 is 1.94 bits per heavy atom. The van der Waals surface area contributed by atoms with Gasteiger partial charge in [-0.2, -0.15) is 13.2 Å². The van der Waals surface area contributed by atoms with E-state index in [2.05, 4.69) is 20.3 Å². The number of hydrogen-bond acceptors (Lipinski definition) is 8. The largest absolute Gasteiger partial charge is 0.424 e. The number of amides is 1. The van der Waals surface area contributed by atoms with Crippen LogP contribution >= 0.6 is 0 Å². The number of aromatic nitrogens is 2. The molecule has 0 fully saturated rings. The summed E-state index contributed by atoms with van der Waals surface area (Å²) in [4.78, 5) is 22.9. The molecule has 2 aromatic rings. The van der Waals surface area contributed by atoms with Gasteiger partial charge in [0.15, 0.2) is 5.82 Å². The van der Waals surface area contributed by atoms with E-state index in [0.717, 1.165) is 18.2 Å². The highest BCUT2D eigenvalue weighted by Crippen LogP contribution is 2.41. The molecule has 1 aromatic heterocycles. The molecule has 9 nitrogen and oxygen atoms in total. The zero-order chi connectivity index (χ0) is 25.5. The number of benzene rings is 1. The molecule has 1 aliphatic heterocycles. The molecular weight excluding hydrogens is 474 g/mol. The van der Waals surface area contributed by atoms with Crippen LogP contribution in [0.4, 0.5) is 42.6 Å². The quantitative estimate of drug-likeness (QED) is 0.554. The topological polar surface area (TPSA) is 138 Å². The SMILES string of the molecule is C[C@@]1(c2cc(NC(=O)Oc3ncc(C(F)F)nc3N)ccc2F)CO[C@@](C)(C(F)(F)F)C(N)=N1. The Morgan fingerprint density at radius 3 is 2.50 bits per heavy atom. The van der Waals surface area contributed by atoms with Crippen molar-refractivity contribution in [1.82, 2.24) is 9.97 Å². The predicted molar refractivity (Wildman–Crippen MR) is 107 cm³/mol. The summed E-state index contributed by atoms with van der Waals surface area (Å²) >= 11 is 0. The van der Waals surface area contributed by atoms with Crippen molar-refractivity contribution in [3.05, 3.63) is 41.5 Å². The number of nitrogen functional groups attached to an aromatic ring is 1. The molecule has 0 spiro atoms.